The predicted molar refractivity (Wildman–Crippen MR) is 62.8 cm³/mol. The van der Waals surface area contributed by atoms with E-state index in [-0.39, 0.29) is 18.8 Å². The van der Waals surface area contributed by atoms with Crippen LogP contribution < -0.4 is 11.2 Å². The fourth-order valence-electron chi connectivity index (χ4n) is 1.17. The van der Waals surface area contributed by atoms with Gasteiger partial charge in [-0.25, -0.2) is 0 Å². The van der Waals surface area contributed by atoms with Crippen LogP contribution in [-0.2, 0) is 11.2 Å². The van der Waals surface area contributed by atoms with Crippen molar-refractivity contribution in [2.24, 2.45) is 5.73 Å². The molecule has 1 aromatic rings. The Morgan fingerprint density at radius 3 is 2.19 bits per heavy atom. The molecule has 0 fully saturated rings. The van der Waals surface area contributed by atoms with Gasteiger partial charge in [-0.2, -0.15) is 0 Å². The number of halogens is 1. The van der Waals surface area contributed by atoms with Gasteiger partial charge in [0.15, 0.2) is 0 Å². The Morgan fingerprint density at radius 2 is 1.81 bits per heavy atom. The van der Waals surface area contributed by atoms with E-state index >= 15 is 0 Å². The van der Waals surface area contributed by atoms with Crippen molar-refractivity contribution in [2.75, 3.05) is 0 Å². The maximum absolute atomic E-state index is 10.5. The summed E-state index contributed by atoms with van der Waals surface area (Å²) in [7, 11) is -1.51. The number of carboxylic acid groups (broad SMARTS) is 1. The van der Waals surface area contributed by atoms with Crippen LogP contribution in [0.5, 0.6) is 0 Å². The molecular formula is C9H13BClNO4. The van der Waals surface area contributed by atoms with Crippen molar-refractivity contribution < 1.29 is 19.9 Å². The number of benzene rings is 1. The molecular weight excluding hydrogens is 232 g/mol. The van der Waals surface area contributed by atoms with Crippen LogP contribution in [0.25, 0.3) is 0 Å². The minimum atomic E-state index is -1.51. The number of carbonyl (C=O) groups is 1. The Balaban J connectivity index is 0.00000225. The number of hydrogen-bond donors (Lipinski definition) is 4. The van der Waals surface area contributed by atoms with Crippen molar-refractivity contribution in [3.8, 4) is 0 Å². The quantitative estimate of drug-likeness (QED) is 0.496. The first kappa shape index (κ1) is 14.9. The molecule has 1 aromatic carbocycles. The molecule has 5 nitrogen and oxygen atoms in total. The zero-order valence-corrected chi connectivity index (χ0v) is 9.22. The van der Waals surface area contributed by atoms with Gasteiger partial charge in [0.1, 0.15) is 6.04 Å². The zero-order valence-electron chi connectivity index (χ0n) is 8.41. The van der Waals surface area contributed by atoms with Gasteiger partial charge in [0.05, 0.1) is 0 Å². The van der Waals surface area contributed by atoms with E-state index < -0.39 is 19.1 Å². The Morgan fingerprint density at radius 1 is 1.31 bits per heavy atom. The van der Waals surface area contributed by atoms with Gasteiger partial charge in [0.25, 0.3) is 0 Å². The average Bonchev–Trinajstić information content (AvgIpc) is 2.18. The maximum atomic E-state index is 10.5. The van der Waals surface area contributed by atoms with E-state index in [1.807, 2.05) is 0 Å². The normalized spacial score (nSPS) is 11.4. The highest BCUT2D eigenvalue weighted by atomic mass is 35.5. The number of hydrogen-bond acceptors (Lipinski definition) is 4. The molecule has 16 heavy (non-hydrogen) atoms. The minimum Gasteiger partial charge on any atom is -0.480 e. The van der Waals surface area contributed by atoms with Crippen molar-refractivity contribution >= 4 is 31.0 Å². The second kappa shape index (κ2) is 6.50. The van der Waals surface area contributed by atoms with Crippen molar-refractivity contribution in [1.82, 2.24) is 0 Å². The molecule has 0 saturated carbocycles. The molecule has 1 rings (SSSR count). The summed E-state index contributed by atoms with van der Waals surface area (Å²) >= 11 is 0. The van der Waals surface area contributed by atoms with Crippen LogP contribution in [0, 0.1) is 0 Å². The maximum Gasteiger partial charge on any atom is 0.488 e. The molecule has 0 bridgehead atoms. The molecule has 0 aliphatic heterocycles. The lowest BCUT2D eigenvalue weighted by molar-refractivity contribution is -0.138. The number of rotatable bonds is 4. The molecule has 1 atom stereocenters. The molecule has 0 spiro atoms. The lowest BCUT2D eigenvalue weighted by atomic mass is 9.80. The molecule has 7 heteroatoms. The number of aliphatic carboxylic acids is 1. The first-order chi connectivity index (χ1) is 7.00. The predicted octanol–water partition coefficient (Wildman–Crippen LogP) is -1.26. The summed E-state index contributed by atoms with van der Waals surface area (Å²) in [5.74, 6) is -1.05. The standard InChI is InChI=1S/C9H12BNO4.ClH/c11-8(9(12)13)5-6-1-3-7(4-2-6)10(14)15;/h1-4,8,14-15H,5,11H2,(H,12,13);1H. The van der Waals surface area contributed by atoms with Gasteiger partial charge in [0.2, 0.25) is 0 Å². The van der Waals surface area contributed by atoms with Crippen molar-refractivity contribution in [3.63, 3.8) is 0 Å². The molecule has 0 amide bonds. The summed E-state index contributed by atoms with van der Waals surface area (Å²) in [6.07, 6.45) is 0.219. The monoisotopic (exact) mass is 245 g/mol. The Hall–Kier alpha value is -1.08. The van der Waals surface area contributed by atoms with Gasteiger partial charge in [-0.05, 0) is 17.4 Å². The zero-order chi connectivity index (χ0) is 11.4. The van der Waals surface area contributed by atoms with Gasteiger partial charge in [0, 0.05) is 0 Å². The van der Waals surface area contributed by atoms with E-state index in [0.717, 1.165) is 5.56 Å². The first-order valence-corrected chi connectivity index (χ1v) is 4.44. The summed E-state index contributed by atoms with van der Waals surface area (Å²) in [4.78, 5) is 10.5. The summed E-state index contributed by atoms with van der Waals surface area (Å²) < 4.78 is 0. The van der Waals surface area contributed by atoms with Crippen molar-refractivity contribution in [3.05, 3.63) is 29.8 Å². The smallest absolute Gasteiger partial charge is 0.480 e. The SMILES string of the molecule is Cl.NC(Cc1ccc(B(O)O)cc1)C(=O)O. The van der Waals surface area contributed by atoms with E-state index in [1.54, 1.807) is 12.1 Å². The Bertz CT molecular complexity index is 344. The summed E-state index contributed by atoms with van der Waals surface area (Å²) in [5, 5.41) is 26.2. The van der Waals surface area contributed by atoms with Crippen LogP contribution in [0.2, 0.25) is 0 Å². The first-order valence-electron chi connectivity index (χ1n) is 4.44. The molecule has 5 N–H and O–H groups in total. The summed E-state index contributed by atoms with van der Waals surface area (Å²) in [5.41, 5.74) is 6.46. The molecule has 0 aliphatic carbocycles. The van der Waals surface area contributed by atoms with E-state index in [4.69, 9.17) is 20.9 Å². The van der Waals surface area contributed by atoms with Gasteiger partial charge < -0.3 is 20.9 Å². The lowest BCUT2D eigenvalue weighted by Crippen LogP contribution is -2.33. The third kappa shape index (κ3) is 4.20. The third-order valence-electron chi connectivity index (χ3n) is 2.05. The molecule has 0 aromatic heterocycles. The van der Waals surface area contributed by atoms with Crippen LogP contribution >= 0.6 is 12.4 Å². The average molecular weight is 245 g/mol. The van der Waals surface area contributed by atoms with E-state index in [0.29, 0.717) is 5.46 Å². The van der Waals surface area contributed by atoms with Crippen LogP contribution in [0.4, 0.5) is 0 Å². The van der Waals surface area contributed by atoms with Crippen LogP contribution in [0.15, 0.2) is 24.3 Å². The Labute approximate surface area is 99.5 Å². The molecule has 0 heterocycles. The molecule has 88 valence electrons. The van der Waals surface area contributed by atoms with E-state index in [9.17, 15) is 4.79 Å². The summed E-state index contributed by atoms with van der Waals surface area (Å²) in [6, 6.07) is 5.35. The molecule has 0 aliphatic rings. The van der Waals surface area contributed by atoms with Gasteiger partial charge in [-0.1, -0.05) is 24.3 Å². The molecule has 0 saturated heterocycles. The Kier molecular flexibility index (Phi) is 6.06. The third-order valence-corrected chi connectivity index (χ3v) is 2.05. The summed E-state index contributed by atoms with van der Waals surface area (Å²) in [6.45, 7) is 0. The fraction of sp³-hybridized carbons (Fsp3) is 0.222. The van der Waals surface area contributed by atoms with Crippen molar-refractivity contribution in [2.45, 2.75) is 12.5 Å². The van der Waals surface area contributed by atoms with E-state index in [2.05, 4.69) is 0 Å². The number of carboxylic acids is 1. The molecule has 1 unspecified atom stereocenters. The highest BCUT2D eigenvalue weighted by molar-refractivity contribution is 6.58. The number of nitrogens with two attached hydrogens (primary N) is 1. The van der Waals surface area contributed by atoms with Crippen LogP contribution in [-0.4, -0.2) is 34.3 Å². The highest BCUT2D eigenvalue weighted by Gasteiger charge is 2.13. The topological polar surface area (TPSA) is 104 Å². The second-order valence-electron chi connectivity index (χ2n) is 3.26. The van der Waals surface area contributed by atoms with Crippen LogP contribution in [0.1, 0.15) is 5.56 Å². The second-order valence-corrected chi connectivity index (χ2v) is 3.26. The van der Waals surface area contributed by atoms with Gasteiger partial charge in [-0.15, -0.1) is 12.4 Å². The molecule has 0 radical (unpaired) electrons. The van der Waals surface area contributed by atoms with Crippen molar-refractivity contribution in [1.29, 1.82) is 0 Å². The lowest BCUT2D eigenvalue weighted by Gasteiger charge is -2.07. The van der Waals surface area contributed by atoms with Gasteiger partial charge in [-0.3, -0.25) is 4.79 Å². The highest BCUT2D eigenvalue weighted by Crippen LogP contribution is 2.01. The largest absolute Gasteiger partial charge is 0.488 e. The fourth-order valence-corrected chi connectivity index (χ4v) is 1.17. The van der Waals surface area contributed by atoms with Gasteiger partial charge >= 0.3 is 13.1 Å². The van der Waals surface area contributed by atoms with E-state index in [1.165, 1.54) is 12.1 Å². The minimum absolute atomic E-state index is 0. The van der Waals surface area contributed by atoms with Crippen LogP contribution in [0.3, 0.4) is 0 Å².